The second-order valence-corrected chi connectivity index (χ2v) is 5.74. The minimum atomic E-state index is 0. The summed E-state index contributed by atoms with van der Waals surface area (Å²) >= 11 is 0. The number of aliphatic imine (C=N–C) groups is 1. The van der Waals surface area contributed by atoms with Gasteiger partial charge in [-0.15, -0.1) is 24.0 Å². The van der Waals surface area contributed by atoms with Crippen molar-refractivity contribution in [3.05, 3.63) is 29.8 Å². The Morgan fingerprint density at radius 1 is 1.26 bits per heavy atom. The molecule has 0 spiro atoms. The van der Waals surface area contributed by atoms with E-state index in [1.807, 2.05) is 18.2 Å². The summed E-state index contributed by atoms with van der Waals surface area (Å²) in [6, 6.07) is 8.63. The molecule has 6 heteroatoms. The molecule has 0 heterocycles. The lowest BCUT2D eigenvalue weighted by Crippen LogP contribution is -2.41. The van der Waals surface area contributed by atoms with Crippen LogP contribution in [0.1, 0.15) is 32.4 Å². The fraction of sp³-hybridized carbons (Fsp3) is 0.588. The molecule has 0 bridgehead atoms. The Hall–Kier alpha value is -1.02. The summed E-state index contributed by atoms with van der Waals surface area (Å²) in [4.78, 5) is 6.89. The van der Waals surface area contributed by atoms with Gasteiger partial charge < -0.3 is 20.3 Å². The Morgan fingerprint density at radius 2 is 1.91 bits per heavy atom. The quantitative estimate of drug-likeness (QED) is 0.394. The Kier molecular flexibility index (Phi) is 11.0. The number of nitrogens with zero attached hydrogens (tertiary/aromatic N) is 2. The molecule has 0 aromatic heterocycles. The third-order valence-corrected chi connectivity index (χ3v) is 3.31. The molecule has 1 rings (SSSR count). The average Bonchev–Trinajstić information content (AvgIpc) is 2.47. The molecule has 1 unspecified atom stereocenters. The molecule has 23 heavy (non-hydrogen) atoms. The van der Waals surface area contributed by atoms with E-state index in [1.54, 1.807) is 7.11 Å². The Bertz CT molecular complexity index is 477. The maximum Gasteiger partial charge on any atom is 0.191 e. The first kappa shape index (κ1) is 22.0. The van der Waals surface area contributed by atoms with Gasteiger partial charge in [-0.3, -0.25) is 4.99 Å². The smallest absolute Gasteiger partial charge is 0.191 e. The van der Waals surface area contributed by atoms with Gasteiger partial charge in [0, 0.05) is 18.2 Å². The molecule has 0 aliphatic heterocycles. The molecular formula is C17H31IN4O. The number of guanidine groups is 1. The third-order valence-electron chi connectivity index (χ3n) is 3.31. The molecule has 5 nitrogen and oxygen atoms in total. The highest BCUT2D eigenvalue weighted by atomic mass is 127. The molecule has 0 saturated heterocycles. The predicted octanol–water partition coefficient (Wildman–Crippen LogP) is 2.88. The maximum atomic E-state index is 5.49. The number of benzene rings is 1. The first-order chi connectivity index (χ1) is 10.5. The molecule has 0 radical (unpaired) electrons. The summed E-state index contributed by atoms with van der Waals surface area (Å²) in [7, 11) is 5.84. The molecule has 0 saturated carbocycles. The summed E-state index contributed by atoms with van der Waals surface area (Å²) < 4.78 is 5.49. The highest BCUT2D eigenvalue weighted by Gasteiger charge is 2.18. The molecule has 1 aromatic rings. The second-order valence-electron chi connectivity index (χ2n) is 5.74. The van der Waals surface area contributed by atoms with Crippen molar-refractivity contribution in [2.24, 2.45) is 4.99 Å². The van der Waals surface area contributed by atoms with Crippen molar-refractivity contribution in [3.63, 3.8) is 0 Å². The number of hydrogen-bond acceptors (Lipinski definition) is 3. The molecule has 1 aromatic carbocycles. The zero-order valence-electron chi connectivity index (χ0n) is 15.1. The van der Waals surface area contributed by atoms with E-state index >= 15 is 0 Å². The van der Waals surface area contributed by atoms with Crippen LogP contribution in [0.25, 0.3) is 0 Å². The lowest BCUT2D eigenvalue weighted by Gasteiger charge is -2.25. The van der Waals surface area contributed by atoms with Gasteiger partial charge in [0.1, 0.15) is 5.75 Å². The summed E-state index contributed by atoms with van der Waals surface area (Å²) in [6.07, 6.45) is 0. The van der Waals surface area contributed by atoms with Crippen LogP contribution >= 0.6 is 24.0 Å². The molecule has 0 aliphatic rings. The van der Waals surface area contributed by atoms with Gasteiger partial charge in [0.05, 0.1) is 19.7 Å². The van der Waals surface area contributed by atoms with Crippen molar-refractivity contribution in [2.75, 3.05) is 34.3 Å². The van der Waals surface area contributed by atoms with E-state index in [2.05, 4.69) is 56.5 Å². The lowest BCUT2D eigenvalue weighted by atomic mass is 10.0. The van der Waals surface area contributed by atoms with E-state index < -0.39 is 0 Å². The van der Waals surface area contributed by atoms with Gasteiger partial charge in [0.2, 0.25) is 0 Å². The van der Waals surface area contributed by atoms with Crippen LogP contribution in [0.5, 0.6) is 5.75 Å². The number of methoxy groups -OCH3 is 1. The van der Waals surface area contributed by atoms with Crippen LogP contribution in [0.2, 0.25) is 0 Å². The maximum absolute atomic E-state index is 5.49. The number of nitrogens with one attached hydrogen (secondary N) is 2. The minimum Gasteiger partial charge on any atom is -0.496 e. The van der Waals surface area contributed by atoms with E-state index in [0.29, 0.717) is 12.6 Å². The summed E-state index contributed by atoms with van der Waals surface area (Å²) in [5.74, 6) is 1.75. The fourth-order valence-electron chi connectivity index (χ4n) is 2.25. The highest BCUT2D eigenvalue weighted by molar-refractivity contribution is 14.0. The minimum absolute atomic E-state index is 0. The average molecular weight is 434 g/mol. The number of ether oxygens (including phenoxy) is 1. The van der Waals surface area contributed by atoms with Crippen molar-refractivity contribution in [2.45, 2.75) is 32.9 Å². The largest absolute Gasteiger partial charge is 0.496 e. The monoisotopic (exact) mass is 434 g/mol. The van der Waals surface area contributed by atoms with Gasteiger partial charge in [0.25, 0.3) is 0 Å². The van der Waals surface area contributed by atoms with E-state index in [1.165, 1.54) is 0 Å². The van der Waals surface area contributed by atoms with Crippen molar-refractivity contribution < 1.29 is 4.74 Å². The van der Waals surface area contributed by atoms with Crippen LogP contribution in [0.4, 0.5) is 0 Å². The molecule has 0 amide bonds. The molecular weight excluding hydrogens is 403 g/mol. The van der Waals surface area contributed by atoms with E-state index in [0.717, 1.165) is 23.8 Å². The molecule has 0 aliphatic carbocycles. The topological polar surface area (TPSA) is 48.9 Å². The normalized spacial score (nSPS) is 12.8. The SMILES string of the molecule is CCNC(=NCC(c1ccccc1OC)N(C)C)NC(C)C.I. The number of para-hydroxylation sites is 1. The van der Waals surface area contributed by atoms with Crippen LogP contribution in [-0.4, -0.2) is 51.2 Å². The van der Waals surface area contributed by atoms with Gasteiger partial charge >= 0.3 is 0 Å². The van der Waals surface area contributed by atoms with Gasteiger partial charge in [-0.05, 0) is 40.9 Å². The van der Waals surface area contributed by atoms with E-state index in [4.69, 9.17) is 9.73 Å². The van der Waals surface area contributed by atoms with Crippen molar-refractivity contribution in [1.82, 2.24) is 15.5 Å². The fourth-order valence-corrected chi connectivity index (χ4v) is 2.25. The number of halogens is 1. The number of likely N-dealkylation sites (N-methyl/N-ethyl adjacent to an activating group) is 1. The summed E-state index contributed by atoms with van der Waals surface area (Å²) in [5.41, 5.74) is 1.15. The van der Waals surface area contributed by atoms with Gasteiger partial charge in [-0.2, -0.15) is 0 Å². The van der Waals surface area contributed by atoms with Crippen LogP contribution in [0.3, 0.4) is 0 Å². The van der Waals surface area contributed by atoms with Gasteiger partial charge in [0.15, 0.2) is 5.96 Å². The van der Waals surface area contributed by atoms with Gasteiger partial charge in [-0.1, -0.05) is 18.2 Å². The molecule has 1 atom stereocenters. The molecule has 0 fully saturated rings. The standard InChI is InChI=1S/C17H30N4O.HI/c1-7-18-17(20-13(2)3)19-12-15(21(4)5)14-10-8-9-11-16(14)22-6;/h8-11,13,15H,7,12H2,1-6H3,(H2,18,19,20);1H. The summed E-state index contributed by atoms with van der Waals surface area (Å²) in [5, 5.41) is 6.62. The summed E-state index contributed by atoms with van der Waals surface area (Å²) in [6.45, 7) is 7.80. The van der Waals surface area contributed by atoms with Crippen LogP contribution in [-0.2, 0) is 0 Å². The van der Waals surface area contributed by atoms with E-state index in [9.17, 15) is 0 Å². The van der Waals surface area contributed by atoms with Crippen LogP contribution in [0.15, 0.2) is 29.3 Å². The second kappa shape index (κ2) is 11.5. The predicted molar refractivity (Wildman–Crippen MR) is 109 cm³/mol. The van der Waals surface area contributed by atoms with Gasteiger partial charge in [-0.25, -0.2) is 0 Å². The van der Waals surface area contributed by atoms with E-state index in [-0.39, 0.29) is 30.0 Å². The van der Waals surface area contributed by atoms with Crippen molar-refractivity contribution in [1.29, 1.82) is 0 Å². The Balaban J connectivity index is 0.00000484. The zero-order valence-corrected chi connectivity index (χ0v) is 17.4. The molecule has 132 valence electrons. The van der Waals surface area contributed by atoms with Crippen molar-refractivity contribution >= 4 is 29.9 Å². The third kappa shape index (κ3) is 7.39. The van der Waals surface area contributed by atoms with Crippen LogP contribution in [0, 0.1) is 0 Å². The van der Waals surface area contributed by atoms with Crippen molar-refractivity contribution in [3.8, 4) is 5.75 Å². The number of hydrogen-bond donors (Lipinski definition) is 2. The first-order valence-electron chi connectivity index (χ1n) is 7.83. The van der Waals surface area contributed by atoms with Crippen LogP contribution < -0.4 is 15.4 Å². The Morgan fingerprint density at radius 3 is 2.43 bits per heavy atom. The first-order valence-corrected chi connectivity index (χ1v) is 7.83. The highest BCUT2D eigenvalue weighted by Crippen LogP contribution is 2.28. The zero-order chi connectivity index (χ0) is 16.5. The number of rotatable bonds is 7. The lowest BCUT2D eigenvalue weighted by molar-refractivity contribution is 0.295. The Labute approximate surface area is 157 Å². The molecule has 2 N–H and O–H groups in total.